The molecule has 126 valence electrons. The van der Waals surface area contributed by atoms with Crippen molar-refractivity contribution in [1.82, 2.24) is 5.32 Å². The molecule has 1 amide bonds. The van der Waals surface area contributed by atoms with Gasteiger partial charge in [-0.1, -0.05) is 32.1 Å². The molecule has 0 radical (unpaired) electrons. The van der Waals surface area contributed by atoms with E-state index in [1.165, 1.54) is 32.1 Å². The molecule has 1 saturated carbocycles. The zero-order chi connectivity index (χ0) is 15.8. The summed E-state index contributed by atoms with van der Waals surface area (Å²) in [5.41, 5.74) is 0. The number of carboxylic acids is 1. The normalized spacial score (nSPS) is 24.6. The minimum atomic E-state index is -0.948. The van der Waals surface area contributed by atoms with Gasteiger partial charge >= 0.3 is 5.97 Å². The number of amides is 1. The molecule has 2 aliphatic rings. The van der Waals surface area contributed by atoms with E-state index in [4.69, 9.17) is 4.74 Å². The lowest BCUT2D eigenvalue weighted by Crippen LogP contribution is -2.48. The van der Waals surface area contributed by atoms with Crippen LogP contribution >= 0.6 is 0 Å². The van der Waals surface area contributed by atoms with Gasteiger partial charge in [0.2, 0.25) is 5.91 Å². The van der Waals surface area contributed by atoms with Crippen molar-refractivity contribution in [3.8, 4) is 0 Å². The summed E-state index contributed by atoms with van der Waals surface area (Å²) in [5, 5.41) is 12.0. The van der Waals surface area contributed by atoms with Crippen LogP contribution in [0.4, 0.5) is 0 Å². The maximum atomic E-state index is 12.0. The quantitative estimate of drug-likeness (QED) is 0.758. The number of carbonyl (C=O) groups is 2. The summed E-state index contributed by atoms with van der Waals surface area (Å²) >= 11 is 0. The Bertz CT molecular complexity index is 360. The van der Waals surface area contributed by atoms with Gasteiger partial charge in [-0.2, -0.15) is 0 Å². The SMILES string of the molecule is O=C(CCCC1CCCCC1)NC(C(=O)O)C1CCCOC1. The highest BCUT2D eigenvalue weighted by Gasteiger charge is 2.31. The smallest absolute Gasteiger partial charge is 0.326 e. The summed E-state index contributed by atoms with van der Waals surface area (Å²) in [6.45, 7) is 1.12. The molecule has 1 heterocycles. The van der Waals surface area contributed by atoms with Gasteiger partial charge < -0.3 is 15.2 Å². The van der Waals surface area contributed by atoms with Crippen LogP contribution in [-0.4, -0.2) is 36.2 Å². The number of aliphatic carboxylic acids is 1. The minimum Gasteiger partial charge on any atom is -0.480 e. The van der Waals surface area contributed by atoms with Gasteiger partial charge in [0.25, 0.3) is 0 Å². The second kappa shape index (κ2) is 9.13. The summed E-state index contributed by atoms with van der Waals surface area (Å²) in [7, 11) is 0. The topological polar surface area (TPSA) is 75.6 Å². The largest absolute Gasteiger partial charge is 0.480 e. The molecular weight excluding hydrogens is 282 g/mol. The number of carbonyl (C=O) groups excluding carboxylic acids is 1. The summed E-state index contributed by atoms with van der Waals surface area (Å²) in [6, 6.07) is -0.803. The fourth-order valence-electron chi connectivity index (χ4n) is 3.68. The van der Waals surface area contributed by atoms with Crippen LogP contribution in [0.2, 0.25) is 0 Å². The standard InChI is InChI=1S/C17H29NO4/c19-15(10-4-8-13-6-2-1-3-7-13)18-16(17(20)21)14-9-5-11-22-12-14/h13-14,16H,1-12H2,(H,18,19)(H,20,21). The highest BCUT2D eigenvalue weighted by atomic mass is 16.5. The van der Waals surface area contributed by atoms with Gasteiger partial charge in [-0.25, -0.2) is 4.79 Å². The van der Waals surface area contributed by atoms with Gasteiger partial charge in [0.1, 0.15) is 6.04 Å². The third kappa shape index (κ3) is 5.59. The van der Waals surface area contributed by atoms with E-state index in [9.17, 15) is 14.7 Å². The minimum absolute atomic E-state index is 0.103. The monoisotopic (exact) mass is 311 g/mol. The van der Waals surface area contributed by atoms with Crippen molar-refractivity contribution in [1.29, 1.82) is 0 Å². The Kier molecular flexibility index (Phi) is 7.16. The zero-order valence-corrected chi connectivity index (χ0v) is 13.4. The Morgan fingerprint density at radius 3 is 2.55 bits per heavy atom. The highest BCUT2D eigenvalue weighted by molar-refractivity contribution is 5.83. The van der Waals surface area contributed by atoms with Crippen molar-refractivity contribution in [3.63, 3.8) is 0 Å². The van der Waals surface area contributed by atoms with Gasteiger partial charge in [-0.15, -0.1) is 0 Å². The molecule has 2 fully saturated rings. The lowest BCUT2D eigenvalue weighted by Gasteiger charge is -2.28. The van der Waals surface area contributed by atoms with E-state index in [-0.39, 0.29) is 11.8 Å². The number of ether oxygens (including phenoxy) is 1. The molecule has 1 aliphatic carbocycles. The first kappa shape index (κ1) is 17.3. The zero-order valence-electron chi connectivity index (χ0n) is 13.4. The van der Waals surface area contributed by atoms with E-state index in [0.29, 0.717) is 19.6 Å². The van der Waals surface area contributed by atoms with Crippen LogP contribution in [0.5, 0.6) is 0 Å². The fourth-order valence-corrected chi connectivity index (χ4v) is 3.68. The molecule has 0 aromatic carbocycles. The highest BCUT2D eigenvalue weighted by Crippen LogP contribution is 2.27. The first-order chi connectivity index (χ1) is 10.7. The molecule has 22 heavy (non-hydrogen) atoms. The summed E-state index contributed by atoms with van der Waals surface area (Å²) in [6.07, 6.45) is 10.6. The Morgan fingerprint density at radius 1 is 1.14 bits per heavy atom. The van der Waals surface area contributed by atoms with E-state index in [1.807, 2.05) is 0 Å². The van der Waals surface area contributed by atoms with Crippen LogP contribution in [0.15, 0.2) is 0 Å². The number of hydrogen-bond donors (Lipinski definition) is 2. The van der Waals surface area contributed by atoms with Crippen LogP contribution in [0, 0.1) is 11.8 Å². The van der Waals surface area contributed by atoms with Gasteiger partial charge in [-0.05, 0) is 31.6 Å². The van der Waals surface area contributed by atoms with Gasteiger partial charge in [0.15, 0.2) is 0 Å². The van der Waals surface area contributed by atoms with Crippen molar-refractivity contribution >= 4 is 11.9 Å². The third-order valence-electron chi connectivity index (χ3n) is 4.99. The molecule has 0 bridgehead atoms. The van der Waals surface area contributed by atoms with Crippen LogP contribution < -0.4 is 5.32 Å². The van der Waals surface area contributed by atoms with E-state index >= 15 is 0 Å². The Balaban J connectivity index is 1.69. The Morgan fingerprint density at radius 2 is 1.91 bits per heavy atom. The fraction of sp³-hybridized carbons (Fsp3) is 0.882. The maximum Gasteiger partial charge on any atom is 0.326 e. The summed E-state index contributed by atoms with van der Waals surface area (Å²) in [4.78, 5) is 23.4. The second-order valence-electron chi connectivity index (χ2n) is 6.76. The average Bonchev–Trinajstić information content (AvgIpc) is 2.54. The van der Waals surface area contributed by atoms with E-state index in [2.05, 4.69) is 5.32 Å². The molecule has 2 unspecified atom stereocenters. The number of nitrogens with one attached hydrogen (secondary N) is 1. The number of rotatable bonds is 7. The van der Waals surface area contributed by atoms with Gasteiger partial charge in [-0.3, -0.25) is 4.79 Å². The van der Waals surface area contributed by atoms with E-state index in [0.717, 1.165) is 31.6 Å². The molecule has 0 spiro atoms. The molecule has 2 rings (SSSR count). The molecule has 1 aliphatic heterocycles. The van der Waals surface area contributed by atoms with Gasteiger partial charge in [0.05, 0.1) is 6.61 Å². The predicted octanol–water partition coefficient (Wildman–Crippen LogP) is 2.73. The molecule has 1 saturated heterocycles. The molecule has 0 aromatic rings. The molecule has 5 nitrogen and oxygen atoms in total. The maximum absolute atomic E-state index is 12.0. The lowest BCUT2D eigenvalue weighted by atomic mass is 9.86. The average molecular weight is 311 g/mol. The Labute approximate surface area is 132 Å². The van der Waals surface area contributed by atoms with Crippen LogP contribution in [0.3, 0.4) is 0 Å². The van der Waals surface area contributed by atoms with Gasteiger partial charge in [0, 0.05) is 18.9 Å². The lowest BCUT2D eigenvalue weighted by molar-refractivity contribution is -0.145. The number of carboxylic acid groups (broad SMARTS) is 1. The molecule has 2 atom stereocenters. The van der Waals surface area contributed by atoms with Crippen molar-refractivity contribution in [3.05, 3.63) is 0 Å². The first-order valence-electron chi connectivity index (χ1n) is 8.76. The molecular formula is C17H29NO4. The summed E-state index contributed by atoms with van der Waals surface area (Å²) in [5.74, 6) is -0.415. The molecule has 2 N–H and O–H groups in total. The van der Waals surface area contributed by atoms with Crippen molar-refractivity contribution in [2.45, 2.75) is 70.3 Å². The Hall–Kier alpha value is -1.10. The van der Waals surface area contributed by atoms with Crippen molar-refractivity contribution < 1.29 is 19.4 Å². The second-order valence-corrected chi connectivity index (χ2v) is 6.76. The van der Waals surface area contributed by atoms with E-state index < -0.39 is 12.0 Å². The molecule has 5 heteroatoms. The van der Waals surface area contributed by atoms with Crippen LogP contribution in [0.1, 0.15) is 64.2 Å². The predicted molar refractivity (Wildman–Crippen MR) is 83.5 cm³/mol. The van der Waals surface area contributed by atoms with Crippen LogP contribution in [0.25, 0.3) is 0 Å². The summed E-state index contributed by atoms with van der Waals surface area (Å²) < 4.78 is 5.34. The molecule has 0 aromatic heterocycles. The third-order valence-corrected chi connectivity index (χ3v) is 4.99. The first-order valence-corrected chi connectivity index (χ1v) is 8.76. The van der Waals surface area contributed by atoms with Crippen molar-refractivity contribution in [2.24, 2.45) is 11.8 Å². The van der Waals surface area contributed by atoms with E-state index in [1.54, 1.807) is 0 Å². The van der Waals surface area contributed by atoms with Crippen molar-refractivity contribution in [2.75, 3.05) is 13.2 Å². The number of hydrogen-bond acceptors (Lipinski definition) is 3. The van der Waals surface area contributed by atoms with Crippen LogP contribution in [-0.2, 0) is 14.3 Å².